The molecule has 0 radical (unpaired) electrons. The van der Waals surface area contributed by atoms with Crippen LogP contribution in [-0.2, 0) is 11.0 Å². The van der Waals surface area contributed by atoms with Crippen molar-refractivity contribution in [3.63, 3.8) is 0 Å². The second kappa shape index (κ2) is 3.15. The molecule has 0 amide bonds. The molecule has 0 saturated carbocycles. The summed E-state index contributed by atoms with van der Waals surface area (Å²) >= 11 is 0. The van der Waals surface area contributed by atoms with Gasteiger partial charge in [-0.15, -0.1) is 0 Å². The molecule has 0 aromatic rings. The van der Waals surface area contributed by atoms with Gasteiger partial charge in [0.25, 0.3) is 5.92 Å². The molecule has 11 heavy (non-hydrogen) atoms. The molecule has 0 aromatic carbocycles. The van der Waals surface area contributed by atoms with Crippen LogP contribution >= 0.6 is 0 Å². The summed E-state index contributed by atoms with van der Waals surface area (Å²) in [5.41, 5.74) is 0. The van der Waals surface area contributed by atoms with Crippen molar-refractivity contribution in [3.8, 4) is 0 Å². The normalized spacial score (nSPS) is 28.3. The van der Waals surface area contributed by atoms with Crippen molar-refractivity contribution in [1.29, 1.82) is 0 Å². The Balaban J connectivity index is 2.42. The number of nitrogens with zero attached hydrogens (tertiary/aromatic N) is 1. The Bertz CT molecular complexity index is 164. The molecule has 1 aliphatic rings. The molecule has 0 aromatic heterocycles. The highest BCUT2D eigenvalue weighted by Crippen LogP contribution is 2.27. The van der Waals surface area contributed by atoms with Crippen LogP contribution in [0, 0.1) is 0 Å². The lowest BCUT2D eigenvalue weighted by Gasteiger charge is -2.29. The highest BCUT2D eigenvalue weighted by molar-refractivity contribution is 7.81. The van der Waals surface area contributed by atoms with Gasteiger partial charge in [0.15, 0.2) is 0 Å². The third-order valence-electron chi connectivity index (χ3n) is 1.82. The number of hydrogen-bond donors (Lipinski definition) is 0. The fraction of sp³-hybridized carbons (Fsp3) is 1.00. The Hall–Kier alpha value is -0.0300. The summed E-state index contributed by atoms with van der Waals surface area (Å²) in [4.78, 5) is 0. The minimum Gasteiger partial charge on any atom is -0.243 e. The van der Waals surface area contributed by atoms with Gasteiger partial charge in [0.05, 0.1) is 11.0 Å². The molecule has 1 heterocycles. The van der Waals surface area contributed by atoms with Crippen LogP contribution < -0.4 is 0 Å². The van der Waals surface area contributed by atoms with Gasteiger partial charge in [-0.2, -0.15) is 0 Å². The van der Waals surface area contributed by atoms with Crippen molar-refractivity contribution < 1.29 is 13.0 Å². The van der Waals surface area contributed by atoms with Crippen molar-refractivity contribution in [1.82, 2.24) is 4.31 Å². The van der Waals surface area contributed by atoms with Crippen LogP contribution in [0.5, 0.6) is 0 Å². The number of rotatable bonds is 1. The minimum atomic E-state index is -2.53. The van der Waals surface area contributed by atoms with Crippen LogP contribution in [-0.4, -0.2) is 33.8 Å². The first-order valence-corrected chi connectivity index (χ1v) is 4.99. The molecular formula is C6H11F2NOS. The lowest BCUT2D eigenvalue weighted by molar-refractivity contribution is -0.0404. The van der Waals surface area contributed by atoms with E-state index in [9.17, 15) is 13.0 Å². The molecule has 1 saturated heterocycles. The van der Waals surface area contributed by atoms with E-state index in [2.05, 4.69) is 0 Å². The zero-order chi connectivity index (χ0) is 8.48. The quantitative estimate of drug-likeness (QED) is 0.594. The molecule has 0 spiro atoms. The molecule has 0 bridgehead atoms. The standard InChI is InChI=1S/C6H11F2NOS/c1-11(10)9-4-2-6(7,8)3-5-9/h2-5H2,1H3. The molecule has 2 nitrogen and oxygen atoms in total. The minimum absolute atomic E-state index is 0.160. The molecule has 1 unspecified atom stereocenters. The number of hydrogen-bond acceptors (Lipinski definition) is 1. The van der Waals surface area contributed by atoms with Crippen LogP contribution in [0.4, 0.5) is 8.78 Å². The first kappa shape index (κ1) is 9.06. The SMILES string of the molecule is CS(=O)N1CCC(F)(F)CC1. The van der Waals surface area contributed by atoms with Gasteiger partial charge in [-0.25, -0.2) is 17.3 Å². The van der Waals surface area contributed by atoms with Crippen LogP contribution in [0.15, 0.2) is 0 Å². The van der Waals surface area contributed by atoms with Gasteiger partial charge >= 0.3 is 0 Å². The summed E-state index contributed by atoms with van der Waals surface area (Å²) in [7, 11) is -1.09. The predicted octanol–water partition coefficient (Wildman–Crippen LogP) is 1.01. The van der Waals surface area contributed by atoms with E-state index in [1.54, 1.807) is 4.31 Å². The second-order valence-corrected chi connectivity index (χ2v) is 4.07. The van der Waals surface area contributed by atoms with Gasteiger partial charge in [0.1, 0.15) is 0 Å². The fourth-order valence-corrected chi connectivity index (χ4v) is 1.77. The Kier molecular flexibility index (Phi) is 2.59. The number of halogens is 2. The van der Waals surface area contributed by atoms with E-state index in [0.717, 1.165) is 0 Å². The van der Waals surface area contributed by atoms with E-state index in [4.69, 9.17) is 0 Å². The molecule has 0 aliphatic carbocycles. The zero-order valence-electron chi connectivity index (χ0n) is 6.35. The maximum atomic E-state index is 12.5. The summed E-state index contributed by atoms with van der Waals surface area (Å²) in [6.07, 6.45) is 1.20. The summed E-state index contributed by atoms with van der Waals surface area (Å²) < 4.78 is 37.4. The Labute approximate surface area is 67.2 Å². The Morgan fingerprint density at radius 3 is 2.18 bits per heavy atom. The summed E-state index contributed by atoms with van der Waals surface area (Å²) in [5.74, 6) is -2.53. The average molecular weight is 183 g/mol. The van der Waals surface area contributed by atoms with Gasteiger partial charge in [-0.05, 0) is 0 Å². The van der Waals surface area contributed by atoms with Crippen molar-refractivity contribution in [3.05, 3.63) is 0 Å². The summed E-state index contributed by atoms with van der Waals surface area (Å²) in [6.45, 7) is 0.492. The Morgan fingerprint density at radius 1 is 1.36 bits per heavy atom. The Morgan fingerprint density at radius 2 is 1.82 bits per heavy atom. The smallest absolute Gasteiger partial charge is 0.243 e. The largest absolute Gasteiger partial charge is 0.250 e. The van der Waals surface area contributed by atoms with E-state index in [-0.39, 0.29) is 25.9 Å². The molecule has 0 N–H and O–H groups in total. The van der Waals surface area contributed by atoms with Gasteiger partial charge in [-0.1, -0.05) is 0 Å². The van der Waals surface area contributed by atoms with E-state index >= 15 is 0 Å². The first-order valence-electron chi connectivity index (χ1n) is 3.48. The average Bonchev–Trinajstić information content (AvgIpc) is 1.86. The molecule has 1 rings (SSSR count). The van der Waals surface area contributed by atoms with Crippen LogP contribution in [0.2, 0.25) is 0 Å². The first-order chi connectivity index (χ1) is 5.01. The van der Waals surface area contributed by atoms with E-state index in [1.165, 1.54) is 6.26 Å². The van der Waals surface area contributed by atoms with Gasteiger partial charge in [0, 0.05) is 32.2 Å². The highest BCUT2D eigenvalue weighted by Gasteiger charge is 2.34. The van der Waals surface area contributed by atoms with Crippen molar-refractivity contribution in [2.24, 2.45) is 0 Å². The lowest BCUT2D eigenvalue weighted by Crippen LogP contribution is -2.39. The van der Waals surface area contributed by atoms with Crippen LogP contribution in [0.25, 0.3) is 0 Å². The maximum Gasteiger partial charge on any atom is 0.250 e. The van der Waals surface area contributed by atoms with E-state index in [1.807, 2.05) is 0 Å². The second-order valence-electron chi connectivity index (χ2n) is 2.71. The lowest BCUT2D eigenvalue weighted by atomic mass is 10.1. The number of alkyl halides is 2. The van der Waals surface area contributed by atoms with Crippen molar-refractivity contribution in [2.75, 3.05) is 19.3 Å². The highest BCUT2D eigenvalue weighted by atomic mass is 32.2. The van der Waals surface area contributed by atoms with Crippen LogP contribution in [0.1, 0.15) is 12.8 Å². The monoisotopic (exact) mass is 183 g/mol. The molecule has 1 fully saturated rings. The fourth-order valence-electron chi connectivity index (χ4n) is 1.07. The predicted molar refractivity (Wildman–Crippen MR) is 39.8 cm³/mol. The number of piperidine rings is 1. The van der Waals surface area contributed by atoms with Gasteiger partial charge in [0.2, 0.25) is 0 Å². The van der Waals surface area contributed by atoms with Gasteiger partial charge in [-0.3, -0.25) is 0 Å². The molecule has 66 valence electrons. The van der Waals surface area contributed by atoms with E-state index < -0.39 is 16.9 Å². The molecule has 1 aliphatic heterocycles. The summed E-state index contributed by atoms with van der Waals surface area (Å²) in [6, 6.07) is 0. The van der Waals surface area contributed by atoms with E-state index in [0.29, 0.717) is 0 Å². The van der Waals surface area contributed by atoms with Crippen molar-refractivity contribution in [2.45, 2.75) is 18.8 Å². The summed E-state index contributed by atoms with van der Waals surface area (Å²) in [5, 5.41) is 0. The van der Waals surface area contributed by atoms with Gasteiger partial charge < -0.3 is 0 Å². The third-order valence-corrected chi connectivity index (χ3v) is 2.91. The third kappa shape index (κ3) is 2.48. The molecular weight excluding hydrogens is 172 g/mol. The maximum absolute atomic E-state index is 12.5. The molecule has 5 heteroatoms. The topological polar surface area (TPSA) is 20.3 Å². The van der Waals surface area contributed by atoms with Crippen LogP contribution in [0.3, 0.4) is 0 Å². The van der Waals surface area contributed by atoms with Crippen molar-refractivity contribution >= 4 is 11.0 Å². The zero-order valence-corrected chi connectivity index (χ0v) is 7.16. The molecule has 1 atom stereocenters.